The summed E-state index contributed by atoms with van der Waals surface area (Å²) in [6.07, 6.45) is 3.73. The van der Waals surface area contributed by atoms with Crippen LogP contribution in [0.2, 0.25) is 0 Å². The van der Waals surface area contributed by atoms with Crippen molar-refractivity contribution < 1.29 is 9.59 Å². The first-order valence-corrected chi connectivity index (χ1v) is 13.4. The van der Waals surface area contributed by atoms with E-state index < -0.39 is 0 Å². The molecule has 1 saturated heterocycles. The standard InChI is InChI=1S/C28H24N2O2S2/c31-26-21-13-7-8-14-22(21)27(32)30(26)20-15-16-23-24(17-20)33-28(29-23)34-25(18-9-3-1-4-10-18)19-11-5-2-6-12-19/h1-6,9-12,15-17,21-22,25H,7-8,13-14H2/t21-,22-/m0/s1. The summed E-state index contributed by atoms with van der Waals surface area (Å²) in [7, 11) is 0. The van der Waals surface area contributed by atoms with E-state index in [9.17, 15) is 9.59 Å². The van der Waals surface area contributed by atoms with Crippen molar-refractivity contribution in [2.24, 2.45) is 11.8 Å². The molecule has 1 aliphatic heterocycles. The molecule has 2 atom stereocenters. The van der Waals surface area contributed by atoms with Crippen molar-refractivity contribution in [1.82, 2.24) is 4.98 Å². The number of carbonyl (C=O) groups excluding carboxylic acids is 2. The normalized spacial score (nSPS) is 20.3. The number of amides is 2. The van der Waals surface area contributed by atoms with Gasteiger partial charge in [0.1, 0.15) is 0 Å². The lowest BCUT2D eigenvalue weighted by Gasteiger charge is -2.19. The Hall–Kier alpha value is -2.96. The van der Waals surface area contributed by atoms with E-state index in [1.165, 1.54) is 16.0 Å². The number of hydrogen-bond donors (Lipinski definition) is 0. The molecule has 6 rings (SSSR count). The number of hydrogen-bond acceptors (Lipinski definition) is 5. The Morgan fingerprint density at radius 1 is 0.824 bits per heavy atom. The highest BCUT2D eigenvalue weighted by atomic mass is 32.2. The first-order valence-electron chi connectivity index (χ1n) is 11.7. The first-order chi connectivity index (χ1) is 16.7. The predicted octanol–water partition coefficient (Wildman–Crippen LogP) is 6.86. The maximum atomic E-state index is 13.0. The number of aromatic nitrogens is 1. The first kappa shape index (κ1) is 21.6. The van der Waals surface area contributed by atoms with Gasteiger partial charge in [-0.25, -0.2) is 4.98 Å². The number of rotatable bonds is 5. The molecule has 170 valence electrons. The highest BCUT2D eigenvalue weighted by Gasteiger charge is 2.48. The minimum absolute atomic E-state index is 0.0265. The number of anilines is 1. The minimum atomic E-state index is -0.137. The van der Waals surface area contributed by atoms with Gasteiger partial charge in [-0.05, 0) is 42.2 Å². The lowest BCUT2D eigenvalue weighted by molar-refractivity contribution is -0.122. The van der Waals surface area contributed by atoms with Crippen LogP contribution in [0.4, 0.5) is 5.69 Å². The van der Waals surface area contributed by atoms with Crippen LogP contribution in [-0.4, -0.2) is 16.8 Å². The maximum Gasteiger partial charge on any atom is 0.237 e. The molecule has 2 heterocycles. The molecule has 6 heteroatoms. The smallest absolute Gasteiger partial charge is 0.237 e. The monoisotopic (exact) mass is 484 g/mol. The van der Waals surface area contributed by atoms with Crippen molar-refractivity contribution in [2.75, 3.05) is 4.90 Å². The van der Waals surface area contributed by atoms with E-state index in [1.54, 1.807) is 23.1 Å². The molecule has 1 saturated carbocycles. The third-order valence-corrected chi connectivity index (χ3v) is 9.30. The average Bonchev–Trinajstić information content (AvgIpc) is 3.41. The van der Waals surface area contributed by atoms with Gasteiger partial charge in [0.05, 0.1) is 33.0 Å². The van der Waals surface area contributed by atoms with Gasteiger partial charge in [-0.2, -0.15) is 0 Å². The molecule has 1 aliphatic carbocycles. The Morgan fingerprint density at radius 3 is 2.00 bits per heavy atom. The van der Waals surface area contributed by atoms with Gasteiger partial charge in [-0.1, -0.05) is 85.3 Å². The lowest BCUT2D eigenvalue weighted by atomic mass is 9.81. The van der Waals surface area contributed by atoms with Crippen LogP contribution in [0.3, 0.4) is 0 Å². The van der Waals surface area contributed by atoms with E-state index >= 15 is 0 Å². The second-order valence-electron chi connectivity index (χ2n) is 8.96. The van der Waals surface area contributed by atoms with Crippen molar-refractivity contribution in [3.63, 3.8) is 0 Å². The highest BCUT2D eigenvalue weighted by molar-refractivity contribution is 8.01. The summed E-state index contributed by atoms with van der Waals surface area (Å²) in [5, 5.41) is 0.132. The molecular formula is C28H24N2O2S2. The zero-order valence-electron chi connectivity index (χ0n) is 18.6. The molecule has 4 aromatic rings. The van der Waals surface area contributed by atoms with Crippen LogP contribution in [-0.2, 0) is 9.59 Å². The van der Waals surface area contributed by atoms with Crippen LogP contribution in [0.1, 0.15) is 42.1 Å². The van der Waals surface area contributed by atoms with Gasteiger partial charge in [0.25, 0.3) is 0 Å². The zero-order chi connectivity index (χ0) is 23.1. The Labute approximate surface area is 207 Å². The van der Waals surface area contributed by atoms with E-state index in [2.05, 4.69) is 48.5 Å². The van der Waals surface area contributed by atoms with Crippen molar-refractivity contribution in [1.29, 1.82) is 0 Å². The molecule has 0 radical (unpaired) electrons. The fourth-order valence-corrected chi connectivity index (χ4v) is 7.60. The van der Waals surface area contributed by atoms with Crippen LogP contribution in [0.5, 0.6) is 0 Å². The van der Waals surface area contributed by atoms with Crippen LogP contribution in [0.25, 0.3) is 10.2 Å². The number of thiazole rings is 1. The van der Waals surface area contributed by atoms with E-state index in [1.807, 2.05) is 30.3 Å². The highest BCUT2D eigenvalue weighted by Crippen LogP contribution is 2.45. The molecule has 3 aromatic carbocycles. The van der Waals surface area contributed by atoms with Crippen LogP contribution in [0.15, 0.2) is 83.2 Å². The Kier molecular flexibility index (Phi) is 5.71. The number of benzene rings is 3. The Morgan fingerprint density at radius 2 is 1.41 bits per heavy atom. The molecule has 0 spiro atoms. The van der Waals surface area contributed by atoms with Gasteiger partial charge in [-0.15, -0.1) is 11.3 Å². The zero-order valence-corrected chi connectivity index (χ0v) is 20.2. The summed E-state index contributed by atoms with van der Waals surface area (Å²) >= 11 is 3.35. The summed E-state index contributed by atoms with van der Waals surface area (Å²) in [6.45, 7) is 0. The minimum Gasteiger partial charge on any atom is -0.274 e. The fourth-order valence-electron chi connectivity index (χ4n) is 5.18. The molecule has 0 N–H and O–H groups in total. The van der Waals surface area contributed by atoms with Crippen molar-refractivity contribution in [3.8, 4) is 0 Å². The summed E-state index contributed by atoms with van der Waals surface area (Å²) in [6, 6.07) is 26.7. The Balaban J connectivity index is 1.32. The number of fused-ring (bicyclic) bond motifs is 2. The molecule has 2 amide bonds. The number of thioether (sulfide) groups is 1. The molecular weight excluding hydrogens is 460 g/mol. The van der Waals surface area contributed by atoms with Crippen molar-refractivity contribution >= 4 is 50.8 Å². The largest absolute Gasteiger partial charge is 0.274 e. The summed E-state index contributed by atoms with van der Waals surface area (Å²) in [5.41, 5.74) is 4.04. The second kappa shape index (κ2) is 9.01. The lowest BCUT2D eigenvalue weighted by Crippen LogP contribution is -2.30. The maximum absolute atomic E-state index is 13.0. The number of nitrogens with zero attached hydrogens (tertiary/aromatic N) is 2. The quantitative estimate of drug-likeness (QED) is 0.229. The summed E-state index contributed by atoms with van der Waals surface area (Å²) < 4.78 is 1.97. The predicted molar refractivity (Wildman–Crippen MR) is 138 cm³/mol. The molecule has 4 nitrogen and oxygen atoms in total. The molecule has 0 unspecified atom stereocenters. The third kappa shape index (κ3) is 3.85. The van der Waals surface area contributed by atoms with Gasteiger partial charge in [0.2, 0.25) is 11.8 Å². The third-order valence-electron chi connectivity index (χ3n) is 6.88. The van der Waals surface area contributed by atoms with Gasteiger partial charge in [0.15, 0.2) is 4.34 Å². The van der Waals surface area contributed by atoms with Gasteiger partial charge in [0, 0.05) is 0 Å². The summed E-state index contributed by atoms with van der Waals surface area (Å²) in [5.74, 6) is -0.327. The molecule has 34 heavy (non-hydrogen) atoms. The average molecular weight is 485 g/mol. The fraction of sp³-hybridized carbons (Fsp3) is 0.250. The van der Waals surface area contributed by atoms with E-state index in [-0.39, 0.29) is 28.9 Å². The Bertz CT molecular complexity index is 1290. The topological polar surface area (TPSA) is 50.3 Å². The van der Waals surface area contributed by atoms with Crippen molar-refractivity contribution in [2.45, 2.75) is 35.3 Å². The molecule has 2 aliphatic rings. The number of imide groups is 1. The van der Waals surface area contributed by atoms with E-state index in [0.717, 1.165) is 40.2 Å². The van der Waals surface area contributed by atoms with Gasteiger partial charge in [-0.3, -0.25) is 14.5 Å². The van der Waals surface area contributed by atoms with Crippen LogP contribution in [0, 0.1) is 11.8 Å². The second-order valence-corrected chi connectivity index (χ2v) is 11.3. The SMILES string of the molecule is O=C1[C@H]2CCCC[C@@H]2C(=O)N1c1ccc2nc(SC(c3ccccc3)c3ccccc3)sc2c1. The molecule has 0 bridgehead atoms. The van der Waals surface area contributed by atoms with Crippen LogP contribution < -0.4 is 4.90 Å². The molecule has 1 aromatic heterocycles. The number of carbonyl (C=O) groups is 2. The van der Waals surface area contributed by atoms with E-state index in [0.29, 0.717) is 5.69 Å². The van der Waals surface area contributed by atoms with Crippen LogP contribution >= 0.6 is 23.1 Å². The summed E-state index contributed by atoms with van der Waals surface area (Å²) in [4.78, 5) is 32.4. The molecule has 2 fully saturated rings. The van der Waals surface area contributed by atoms with E-state index in [4.69, 9.17) is 4.98 Å². The van der Waals surface area contributed by atoms with Gasteiger partial charge < -0.3 is 0 Å². The van der Waals surface area contributed by atoms with Gasteiger partial charge >= 0.3 is 0 Å². The van der Waals surface area contributed by atoms with Crippen molar-refractivity contribution in [3.05, 3.63) is 90.0 Å².